The summed E-state index contributed by atoms with van der Waals surface area (Å²) in [6, 6.07) is 4.98. The lowest BCUT2D eigenvalue weighted by Crippen LogP contribution is -2.52. The first-order valence-corrected chi connectivity index (χ1v) is 8.65. The average molecular weight is 354 g/mol. The Labute approximate surface area is 133 Å². The molecule has 4 heteroatoms. The van der Waals surface area contributed by atoms with E-state index >= 15 is 0 Å². The quantitative estimate of drug-likeness (QED) is 0.889. The van der Waals surface area contributed by atoms with Crippen LogP contribution in [-0.4, -0.2) is 17.9 Å². The zero-order valence-corrected chi connectivity index (χ0v) is 13.7. The standard InChI is InChI=1S/C17H21BrFNO/c18-14-7-6-13(19)9-12(14)10-17(21)16-8-5-11-3-1-2-4-15(11)20-16/h6-7,9,11,15-16,20H,1-5,8,10H2. The molecule has 0 amide bonds. The second-order valence-corrected chi connectivity index (χ2v) is 7.18. The van der Waals surface area contributed by atoms with Gasteiger partial charge < -0.3 is 5.32 Å². The van der Waals surface area contributed by atoms with Gasteiger partial charge in [-0.15, -0.1) is 0 Å². The smallest absolute Gasteiger partial charge is 0.154 e. The fourth-order valence-electron chi connectivity index (χ4n) is 3.74. The average Bonchev–Trinajstić information content (AvgIpc) is 2.50. The largest absolute Gasteiger partial charge is 0.304 e. The number of hydrogen-bond acceptors (Lipinski definition) is 2. The van der Waals surface area contributed by atoms with Gasteiger partial charge in [0, 0.05) is 16.9 Å². The van der Waals surface area contributed by atoms with E-state index in [0.717, 1.165) is 28.8 Å². The van der Waals surface area contributed by atoms with Crippen LogP contribution in [0.1, 0.15) is 44.1 Å². The Hall–Kier alpha value is -0.740. The third kappa shape index (κ3) is 3.54. The summed E-state index contributed by atoms with van der Waals surface area (Å²) in [6.07, 6.45) is 7.47. The molecule has 3 unspecified atom stereocenters. The lowest BCUT2D eigenvalue weighted by molar-refractivity contribution is -0.121. The van der Waals surface area contributed by atoms with E-state index in [9.17, 15) is 9.18 Å². The van der Waals surface area contributed by atoms with Crippen molar-refractivity contribution in [3.63, 3.8) is 0 Å². The Morgan fingerprint density at radius 3 is 2.90 bits per heavy atom. The van der Waals surface area contributed by atoms with E-state index in [1.165, 1.54) is 37.8 Å². The van der Waals surface area contributed by atoms with Crippen LogP contribution in [0.5, 0.6) is 0 Å². The van der Waals surface area contributed by atoms with E-state index in [1.807, 2.05) is 0 Å². The Morgan fingerprint density at radius 2 is 2.05 bits per heavy atom. The first-order valence-electron chi connectivity index (χ1n) is 7.86. The molecule has 21 heavy (non-hydrogen) atoms. The predicted octanol–water partition coefficient (Wildman–Crippen LogP) is 4.01. The molecule has 1 aliphatic heterocycles. The second-order valence-electron chi connectivity index (χ2n) is 6.33. The molecule has 1 N–H and O–H groups in total. The van der Waals surface area contributed by atoms with Crippen molar-refractivity contribution in [2.75, 3.05) is 0 Å². The molecule has 3 rings (SSSR count). The molecule has 0 spiro atoms. The Bertz CT molecular complexity index is 534. The van der Waals surface area contributed by atoms with Gasteiger partial charge in [0.1, 0.15) is 5.82 Å². The number of Topliss-reactive ketones (excluding diaryl/α,β-unsaturated/α-hetero) is 1. The summed E-state index contributed by atoms with van der Waals surface area (Å²) >= 11 is 3.40. The molecule has 1 aromatic carbocycles. The van der Waals surface area contributed by atoms with Crippen LogP contribution in [0, 0.1) is 11.7 Å². The maximum atomic E-state index is 13.3. The molecule has 1 saturated heterocycles. The highest BCUT2D eigenvalue weighted by molar-refractivity contribution is 9.10. The van der Waals surface area contributed by atoms with Gasteiger partial charge in [0.25, 0.3) is 0 Å². The minimum absolute atomic E-state index is 0.0560. The summed E-state index contributed by atoms with van der Waals surface area (Å²) in [6.45, 7) is 0. The molecule has 3 atom stereocenters. The number of fused-ring (bicyclic) bond motifs is 1. The first kappa shape index (κ1) is 15.2. The molecular weight excluding hydrogens is 333 g/mol. The topological polar surface area (TPSA) is 29.1 Å². The third-order valence-corrected chi connectivity index (χ3v) is 5.69. The number of carbonyl (C=O) groups is 1. The van der Waals surface area contributed by atoms with Crippen LogP contribution in [0.15, 0.2) is 22.7 Å². The van der Waals surface area contributed by atoms with Crippen molar-refractivity contribution in [1.29, 1.82) is 0 Å². The lowest BCUT2D eigenvalue weighted by atomic mass is 9.77. The van der Waals surface area contributed by atoms with Crippen LogP contribution < -0.4 is 5.32 Å². The Balaban J connectivity index is 1.64. The number of halogens is 2. The highest BCUT2D eigenvalue weighted by atomic mass is 79.9. The molecule has 2 fully saturated rings. The summed E-state index contributed by atoms with van der Waals surface area (Å²) in [5.74, 6) is 0.652. The third-order valence-electron chi connectivity index (χ3n) is 4.91. The molecule has 1 saturated carbocycles. The molecule has 1 aliphatic carbocycles. The zero-order valence-electron chi connectivity index (χ0n) is 12.1. The molecular formula is C17H21BrFNO. The van der Waals surface area contributed by atoms with E-state index in [0.29, 0.717) is 12.5 Å². The van der Waals surface area contributed by atoms with Gasteiger partial charge >= 0.3 is 0 Å². The molecule has 0 radical (unpaired) electrons. The van der Waals surface area contributed by atoms with Crippen LogP contribution in [-0.2, 0) is 11.2 Å². The number of hydrogen-bond donors (Lipinski definition) is 1. The normalized spacial score (nSPS) is 29.0. The summed E-state index contributed by atoms with van der Waals surface area (Å²) < 4.78 is 14.1. The van der Waals surface area contributed by atoms with Gasteiger partial charge in [-0.1, -0.05) is 28.8 Å². The zero-order chi connectivity index (χ0) is 14.8. The predicted molar refractivity (Wildman–Crippen MR) is 84.7 cm³/mol. The number of benzene rings is 1. The molecule has 1 aromatic rings. The van der Waals surface area contributed by atoms with Gasteiger partial charge in [-0.25, -0.2) is 4.39 Å². The van der Waals surface area contributed by atoms with Crippen molar-refractivity contribution in [3.05, 3.63) is 34.1 Å². The highest BCUT2D eigenvalue weighted by Gasteiger charge is 2.34. The van der Waals surface area contributed by atoms with E-state index in [4.69, 9.17) is 0 Å². The van der Waals surface area contributed by atoms with Crippen molar-refractivity contribution in [3.8, 4) is 0 Å². The van der Waals surface area contributed by atoms with Gasteiger partial charge in [-0.05, 0) is 55.4 Å². The van der Waals surface area contributed by atoms with Crippen LogP contribution in [0.25, 0.3) is 0 Å². The van der Waals surface area contributed by atoms with Crippen LogP contribution in [0.3, 0.4) is 0 Å². The number of carbonyl (C=O) groups excluding carboxylic acids is 1. The molecule has 1 heterocycles. The van der Waals surface area contributed by atoms with Gasteiger partial charge in [0.2, 0.25) is 0 Å². The van der Waals surface area contributed by atoms with Gasteiger partial charge in [-0.2, -0.15) is 0 Å². The maximum absolute atomic E-state index is 13.3. The van der Waals surface area contributed by atoms with E-state index in [2.05, 4.69) is 21.2 Å². The first-order chi connectivity index (χ1) is 10.1. The van der Waals surface area contributed by atoms with Crippen LogP contribution in [0.2, 0.25) is 0 Å². The maximum Gasteiger partial charge on any atom is 0.154 e. The summed E-state index contributed by atoms with van der Waals surface area (Å²) in [5, 5.41) is 3.55. The minimum atomic E-state index is -0.287. The van der Waals surface area contributed by atoms with E-state index in [-0.39, 0.29) is 17.6 Å². The van der Waals surface area contributed by atoms with Crippen molar-refractivity contribution in [2.24, 2.45) is 5.92 Å². The molecule has 114 valence electrons. The lowest BCUT2D eigenvalue weighted by Gasteiger charge is -2.40. The van der Waals surface area contributed by atoms with Crippen molar-refractivity contribution in [2.45, 2.75) is 57.0 Å². The van der Waals surface area contributed by atoms with Crippen molar-refractivity contribution >= 4 is 21.7 Å². The van der Waals surface area contributed by atoms with Crippen LogP contribution >= 0.6 is 15.9 Å². The van der Waals surface area contributed by atoms with Gasteiger partial charge in [-0.3, -0.25) is 4.79 Å². The fourth-order valence-corrected chi connectivity index (χ4v) is 4.13. The van der Waals surface area contributed by atoms with Crippen LogP contribution in [0.4, 0.5) is 4.39 Å². The molecule has 2 nitrogen and oxygen atoms in total. The molecule has 2 aliphatic rings. The Kier molecular flexibility index (Phi) is 4.75. The summed E-state index contributed by atoms with van der Waals surface area (Å²) in [4.78, 5) is 12.5. The number of piperidine rings is 1. The number of rotatable bonds is 3. The molecule has 0 bridgehead atoms. The molecule has 0 aromatic heterocycles. The monoisotopic (exact) mass is 353 g/mol. The van der Waals surface area contributed by atoms with Gasteiger partial charge in [0.15, 0.2) is 5.78 Å². The van der Waals surface area contributed by atoms with E-state index < -0.39 is 0 Å². The Morgan fingerprint density at radius 1 is 1.24 bits per heavy atom. The van der Waals surface area contributed by atoms with E-state index in [1.54, 1.807) is 6.07 Å². The summed E-state index contributed by atoms with van der Waals surface area (Å²) in [5.41, 5.74) is 0.743. The highest BCUT2D eigenvalue weighted by Crippen LogP contribution is 2.32. The number of ketones is 1. The fraction of sp³-hybridized carbons (Fsp3) is 0.588. The van der Waals surface area contributed by atoms with Crippen molar-refractivity contribution < 1.29 is 9.18 Å². The summed E-state index contributed by atoms with van der Waals surface area (Å²) in [7, 11) is 0. The number of nitrogens with one attached hydrogen (secondary N) is 1. The van der Waals surface area contributed by atoms with Gasteiger partial charge in [0.05, 0.1) is 6.04 Å². The van der Waals surface area contributed by atoms with Crippen molar-refractivity contribution in [1.82, 2.24) is 5.32 Å². The minimum Gasteiger partial charge on any atom is -0.304 e. The SMILES string of the molecule is O=C(Cc1cc(F)ccc1Br)C1CCC2CCCCC2N1. The second kappa shape index (κ2) is 6.57.